The van der Waals surface area contributed by atoms with Gasteiger partial charge in [-0.05, 0) is 35.9 Å². The molecule has 0 saturated carbocycles. The SMILES string of the molecule is Nc1ncccc1-c1cc(Cc2ccc(Nc3ccc(F)c(F)c3F)nc2)no1. The van der Waals surface area contributed by atoms with Crippen LogP contribution >= 0.6 is 0 Å². The van der Waals surface area contributed by atoms with Crippen LogP contribution in [-0.2, 0) is 6.42 Å². The third kappa shape index (κ3) is 3.88. The number of pyridine rings is 2. The van der Waals surface area contributed by atoms with Crippen LogP contribution in [0.25, 0.3) is 11.3 Å². The average Bonchev–Trinajstić information content (AvgIpc) is 3.18. The van der Waals surface area contributed by atoms with E-state index in [1.54, 1.807) is 42.7 Å². The minimum Gasteiger partial charge on any atom is -0.383 e. The molecule has 0 aliphatic rings. The lowest BCUT2D eigenvalue weighted by molar-refractivity contribution is 0.425. The summed E-state index contributed by atoms with van der Waals surface area (Å²) in [5, 5.41) is 6.64. The topological polar surface area (TPSA) is 89.9 Å². The molecule has 146 valence electrons. The molecule has 29 heavy (non-hydrogen) atoms. The van der Waals surface area contributed by atoms with Crippen molar-refractivity contribution < 1.29 is 17.7 Å². The van der Waals surface area contributed by atoms with Crippen molar-refractivity contribution in [1.29, 1.82) is 0 Å². The molecule has 0 aliphatic carbocycles. The molecule has 0 spiro atoms. The summed E-state index contributed by atoms with van der Waals surface area (Å²) in [6.07, 6.45) is 3.59. The van der Waals surface area contributed by atoms with Gasteiger partial charge >= 0.3 is 0 Å². The largest absolute Gasteiger partial charge is 0.383 e. The molecule has 0 fully saturated rings. The zero-order valence-electron chi connectivity index (χ0n) is 14.9. The van der Waals surface area contributed by atoms with E-state index in [2.05, 4.69) is 20.4 Å². The van der Waals surface area contributed by atoms with Gasteiger partial charge in [0.05, 0.1) is 16.9 Å². The molecule has 1 aromatic carbocycles. The summed E-state index contributed by atoms with van der Waals surface area (Å²) >= 11 is 0. The van der Waals surface area contributed by atoms with Gasteiger partial charge in [-0.1, -0.05) is 11.2 Å². The molecular formula is C20H14F3N5O. The molecule has 3 N–H and O–H groups in total. The number of benzene rings is 1. The second-order valence-electron chi connectivity index (χ2n) is 6.20. The van der Waals surface area contributed by atoms with E-state index in [1.165, 1.54) is 0 Å². The number of nitrogens with one attached hydrogen (secondary N) is 1. The highest BCUT2D eigenvalue weighted by molar-refractivity contribution is 5.69. The minimum absolute atomic E-state index is 0.209. The Balaban J connectivity index is 1.47. The molecule has 6 nitrogen and oxygen atoms in total. The van der Waals surface area contributed by atoms with Crippen LogP contribution in [-0.4, -0.2) is 15.1 Å². The van der Waals surface area contributed by atoms with E-state index in [1.807, 2.05) is 0 Å². The predicted molar refractivity (Wildman–Crippen MR) is 101 cm³/mol. The third-order valence-electron chi connectivity index (χ3n) is 4.17. The normalized spacial score (nSPS) is 10.9. The first-order valence-electron chi connectivity index (χ1n) is 8.53. The Labute approximate surface area is 163 Å². The molecule has 3 aromatic heterocycles. The number of halogens is 3. The van der Waals surface area contributed by atoms with Gasteiger partial charge in [0.1, 0.15) is 11.6 Å². The van der Waals surface area contributed by atoms with Gasteiger partial charge in [-0.3, -0.25) is 0 Å². The van der Waals surface area contributed by atoms with Gasteiger partial charge < -0.3 is 15.6 Å². The maximum Gasteiger partial charge on any atom is 0.196 e. The van der Waals surface area contributed by atoms with Crippen LogP contribution in [0.1, 0.15) is 11.3 Å². The Morgan fingerprint density at radius 1 is 1.00 bits per heavy atom. The molecule has 0 unspecified atom stereocenters. The van der Waals surface area contributed by atoms with Crippen molar-refractivity contribution in [3.63, 3.8) is 0 Å². The number of nitrogen functional groups attached to an aromatic ring is 1. The van der Waals surface area contributed by atoms with Gasteiger partial charge in [-0.25, -0.2) is 23.1 Å². The van der Waals surface area contributed by atoms with Crippen LogP contribution in [0.4, 0.5) is 30.5 Å². The van der Waals surface area contributed by atoms with Crippen LogP contribution in [0.2, 0.25) is 0 Å². The van der Waals surface area contributed by atoms with Crippen molar-refractivity contribution in [2.45, 2.75) is 6.42 Å². The fourth-order valence-electron chi connectivity index (χ4n) is 2.72. The third-order valence-corrected chi connectivity index (χ3v) is 4.17. The van der Waals surface area contributed by atoms with Gasteiger partial charge in [-0.15, -0.1) is 0 Å². The molecular weight excluding hydrogens is 383 g/mol. The quantitative estimate of drug-likeness (QED) is 0.483. The van der Waals surface area contributed by atoms with Crippen molar-refractivity contribution in [3.05, 3.63) is 83.6 Å². The number of anilines is 3. The first-order chi connectivity index (χ1) is 14.0. The first kappa shape index (κ1) is 18.5. The Hall–Kier alpha value is -3.88. The summed E-state index contributed by atoms with van der Waals surface area (Å²) in [5.41, 5.74) is 7.76. The molecule has 0 amide bonds. The number of rotatable bonds is 5. The van der Waals surface area contributed by atoms with E-state index in [4.69, 9.17) is 10.3 Å². The summed E-state index contributed by atoms with van der Waals surface area (Å²) in [5.74, 6) is -2.97. The maximum atomic E-state index is 13.7. The summed E-state index contributed by atoms with van der Waals surface area (Å²) in [4.78, 5) is 8.17. The monoisotopic (exact) mass is 397 g/mol. The highest BCUT2D eigenvalue weighted by Crippen LogP contribution is 2.26. The van der Waals surface area contributed by atoms with Crippen molar-refractivity contribution in [1.82, 2.24) is 15.1 Å². The van der Waals surface area contributed by atoms with Crippen LogP contribution in [0.5, 0.6) is 0 Å². The Morgan fingerprint density at radius 3 is 2.62 bits per heavy atom. The lowest BCUT2D eigenvalue weighted by Gasteiger charge is -2.08. The number of hydrogen-bond acceptors (Lipinski definition) is 6. The van der Waals surface area contributed by atoms with Gasteiger partial charge in [0.2, 0.25) is 0 Å². The van der Waals surface area contributed by atoms with E-state index in [-0.39, 0.29) is 11.5 Å². The molecule has 0 aliphatic heterocycles. The highest BCUT2D eigenvalue weighted by Gasteiger charge is 2.14. The molecule has 9 heteroatoms. The van der Waals surface area contributed by atoms with Gasteiger partial charge in [0, 0.05) is 24.9 Å². The van der Waals surface area contributed by atoms with E-state index in [9.17, 15) is 13.2 Å². The lowest BCUT2D eigenvalue weighted by atomic mass is 10.1. The molecule has 0 radical (unpaired) electrons. The van der Waals surface area contributed by atoms with Gasteiger partial charge in [0.15, 0.2) is 23.2 Å². The van der Waals surface area contributed by atoms with Crippen molar-refractivity contribution in [2.75, 3.05) is 11.1 Å². The standard InChI is InChI=1S/C20H14F3N5O/c21-14-4-5-15(19(23)18(14)22)27-17-6-3-11(10-26-17)8-12-9-16(29-28-12)13-2-1-7-25-20(13)24/h1-7,9-10H,8H2,(H2,24,25)(H,26,27). The second-order valence-corrected chi connectivity index (χ2v) is 6.20. The molecule has 4 aromatic rings. The maximum absolute atomic E-state index is 13.7. The molecule has 0 atom stereocenters. The van der Waals surface area contributed by atoms with Crippen molar-refractivity contribution in [2.24, 2.45) is 0 Å². The van der Waals surface area contributed by atoms with Gasteiger partial charge in [0.25, 0.3) is 0 Å². The fraction of sp³-hybridized carbons (Fsp3) is 0.0500. The summed E-state index contributed by atoms with van der Waals surface area (Å²) in [6.45, 7) is 0. The lowest BCUT2D eigenvalue weighted by Crippen LogP contribution is -2.00. The van der Waals surface area contributed by atoms with Crippen molar-refractivity contribution >= 4 is 17.3 Å². The van der Waals surface area contributed by atoms with Gasteiger partial charge in [-0.2, -0.15) is 0 Å². The minimum atomic E-state index is -1.54. The summed E-state index contributed by atoms with van der Waals surface area (Å²) in [6, 6.07) is 10.6. The Morgan fingerprint density at radius 2 is 1.86 bits per heavy atom. The average molecular weight is 397 g/mol. The Kier molecular flexibility index (Phi) is 4.86. The smallest absolute Gasteiger partial charge is 0.196 e. The van der Waals surface area contributed by atoms with Crippen LogP contribution in [0.15, 0.2) is 59.4 Å². The zero-order chi connectivity index (χ0) is 20.4. The molecule has 0 saturated heterocycles. The zero-order valence-corrected chi connectivity index (χ0v) is 14.9. The van der Waals surface area contributed by atoms with Crippen molar-refractivity contribution in [3.8, 4) is 11.3 Å². The van der Waals surface area contributed by atoms with E-state index in [0.717, 1.165) is 17.7 Å². The number of nitrogens with two attached hydrogens (primary N) is 1. The molecule has 0 bridgehead atoms. The number of aromatic nitrogens is 3. The molecule has 4 rings (SSSR count). The summed E-state index contributed by atoms with van der Waals surface area (Å²) in [7, 11) is 0. The second kappa shape index (κ2) is 7.63. The van der Waals surface area contributed by atoms with E-state index >= 15 is 0 Å². The van der Waals surface area contributed by atoms with Crippen LogP contribution in [0.3, 0.4) is 0 Å². The number of nitrogens with zero attached hydrogens (tertiary/aromatic N) is 3. The van der Waals surface area contributed by atoms with Crippen LogP contribution < -0.4 is 11.1 Å². The van der Waals surface area contributed by atoms with Crippen LogP contribution in [0, 0.1) is 17.5 Å². The van der Waals surface area contributed by atoms with E-state index < -0.39 is 17.5 Å². The van der Waals surface area contributed by atoms with E-state index in [0.29, 0.717) is 29.3 Å². The molecule has 3 heterocycles. The number of hydrogen-bond donors (Lipinski definition) is 2. The predicted octanol–water partition coefficient (Wildman–Crippen LogP) is 4.47. The Bertz CT molecular complexity index is 1160. The summed E-state index contributed by atoms with van der Waals surface area (Å²) < 4.78 is 45.4. The first-order valence-corrected chi connectivity index (χ1v) is 8.53. The fourth-order valence-corrected chi connectivity index (χ4v) is 2.72. The highest BCUT2D eigenvalue weighted by atomic mass is 19.2.